The molecule has 0 aromatic heterocycles. The molecule has 3 aromatic carbocycles. The van der Waals surface area contributed by atoms with Crippen LogP contribution >= 0.6 is 22.6 Å². The summed E-state index contributed by atoms with van der Waals surface area (Å²) in [5.74, 6) is 1.19. The first kappa shape index (κ1) is 20.9. The predicted molar refractivity (Wildman–Crippen MR) is 123 cm³/mol. The summed E-state index contributed by atoms with van der Waals surface area (Å²) < 4.78 is 12.4. The third-order valence-electron chi connectivity index (χ3n) is 3.98. The molecule has 0 saturated carbocycles. The average molecular weight is 500 g/mol. The number of amides is 1. The maximum Gasteiger partial charge on any atom is 0.271 e. The zero-order chi connectivity index (χ0) is 20.5. The largest absolute Gasteiger partial charge is 0.494 e. The molecule has 1 N–H and O–H groups in total. The van der Waals surface area contributed by atoms with E-state index < -0.39 is 0 Å². The van der Waals surface area contributed by atoms with Gasteiger partial charge in [-0.2, -0.15) is 5.10 Å². The third-order valence-corrected chi connectivity index (χ3v) is 4.70. The predicted octanol–water partition coefficient (Wildman–Crippen LogP) is 5.03. The van der Waals surface area contributed by atoms with Crippen LogP contribution < -0.4 is 14.9 Å². The summed E-state index contributed by atoms with van der Waals surface area (Å²) in [5.41, 5.74) is 4.98. The molecule has 3 rings (SSSR count). The second kappa shape index (κ2) is 10.6. The Kier molecular flexibility index (Phi) is 7.63. The molecule has 1 amide bonds. The van der Waals surface area contributed by atoms with Crippen molar-refractivity contribution >= 4 is 34.7 Å². The van der Waals surface area contributed by atoms with Gasteiger partial charge in [-0.15, -0.1) is 0 Å². The van der Waals surface area contributed by atoms with Crippen LogP contribution in [0.2, 0.25) is 0 Å². The van der Waals surface area contributed by atoms with Crippen LogP contribution in [0, 0.1) is 3.57 Å². The van der Waals surface area contributed by atoms with Crippen LogP contribution in [0.15, 0.2) is 77.9 Å². The van der Waals surface area contributed by atoms with Gasteiger partial charge < -0.3 is 9.47 Å². The molecular formula is C23H21IN2O3. The van der Waals surface area contributed by atoms with E-state index in [1.807, 2.05) is 43.3 Å². The highest BCUT2D eigenvalue weighted by Crippen LogP contribution is 2.15. The number of halogens is 1. The van der Waals surface area contributed by atoms with E-state index in [1.54, 1.807) is 30.5 Å². The molecule has 0 aliphatic heterocycles. The Hall–Kier alpha value is -2.87. The number of hydrogen-bond donors (Lipinski definition) is 1. The van der Waals surface area contributed by atoms with E-state index in [4.69, 9.17) is 9.47 Å². The van der Waals surface area contributed by atoms with Gasteiger partial charge in [-0.1, -0.05) is 24.3 Å². The normalized spacial score (nSPS) is 10.7. The van der Waals surface area contributed by atoms with E-state index in [0.29, 0.717) is 18.8 Å². The number of rotatable bonds is 8. The van der Waals surface area contributed by atoms with Gasteiger partial charge in [0.15, 0.2) is 0 Å². The Labute approximate surface area is 183 Å². The number of nitrogens with one attached hydrogen (secondary N) is 1. The summed E-state index contributed by atoms with van der Waals surface area (Å²) in [7, 11) is 0. The molecule has 0 atom stereocenters. The first-order valence-corrected chi connectivity index (χ1v) is 10.3. The van der Waals surface area contributed by atoms with Crippen molar-refractivity contribution in [1.29, 1.82) is 0 Å². The molecule has 0 heterocycles. The highest BCUT2D eigenvalue weighted by molar-refractivity contribution is 14.1. The number of benzene rings is 3. The molecule has 6 heteroatoms. The van der Waals surface area contributed by atoms with Crippen LogP contribution in [0.4, 0.5) is 0 Å². The fourth-order valence-corrected chi connectivity index (χ4v) is 2.89. The van der Waals surface area contributed by atoms with Gasteiger partial charge in [-0.05, 0) is 89.2 Å². The van der Waals surface area contributed by atoms with E-state index in [0.717, 1.165) is 22.6 Å². The number of carbonyl (C=O) groups is 1. The zero-order valence-electron chi connectivity index (χ0n) is 16.0. The SMILES string of the molecule is CCOc1ccc(C(=O)N/N=C\c2cccc(OCc3ccc(I)cc3)c2)cc1. The van der Waals surface area contributed by atoms with Crippen LogP contribution in [-0.2, 0) is 6.61 Å². The van der Waals surface area contributed by atoms with E-state index in [1.165, 1.54) is 3.57 Å². The van der Waals surface area contributed by atoms with Crippen LogP contribution in [0.3, 0.4) is 0 Å². The van der Waals surface area contributed by atoms with Crippen LogP contribution in [0.25, 0.3) is 0 Å². The molecule has 0 bridgehead atoms. The van der Waals surface area contributed by atoms with Gasteiger partial charge in [0.1, 0.15) is 18.1 Å². The summed E-state index contributed by atoms with van der Waals surface area (Å²) in [5, 5.41) is 4.03. The van der Waals surface area contributed by atoms with E-state index in [2.05, 4.69) is 45.3 Å². The molecule has 5 nitrogen and oxygen atoms in total. The molecule has 0 saturated heterocycles. The molecule has 0 spiro atoms. The first-order chi connectivity index (χ1) is 14.1. The Bertz CT molecular complexity index is 970. The highest BCUT2D eigenvalue weighted by Gasteiger charge is 2.04. The molecule has 0 fully saturated rings. The van der Waals surface area contributed by atoms with Crippen LogP contribution in [-0.4, -0.2) is 18.7 Å². The minimum absolute atomic E-state index is 0.282. The lowest BCUT2D eigenvalue weighted by atomic mass is 10.2. The molecule has 0 aliphatic carbocycles. The topological polar surface area (TPSA) is 59.9 Å². The van der Waals surface area contributed by atoms with Gasteiger partial charge in [0.25, 0.3) is 5.91 Å². The first-order valence-electron chi connectivity index (χ1n) is 9.17. The molecular weight excluding hydrogens is 479 g/mol. The molecule has 0 radical (unpaired) electrons. The highest BCUT2D eigenvalue weighted by atomic mass is 127. The number of nitrogens with zero attached hydrogens (tertiary/aromatic N) is 1. The minimum atomic E-state index is -0.282. The van der Waals surface area contributed by atoms with Crippen LogP contribution in [0.5, 0.6) is 11.5 Å². The number of carbonyl (C=O) groups excluding carboxylic acids is 1. The Morgan fingerprint density at radius 3 is 2.48 bits per heavy atom. The maximum absolute atomic E-state index is 12.2. The molecule has 0 unspecified atom stereocenters. The zero-order valence-corrected chi connectivity index (χ0v) is 18.1. The van der Waals surface area contributed by atoms with Gasteiger partial charge in [-0.3, -0.25) is 4.79 Å². The summed E-state index contributed by atoms with van der Waals surface area (Å²) in [4.78, 5) is 12.2. The molecule has 148 valence electrons. The van der Waals surface area contributed by atoms with E-state index >= 15 is 0 Å². The van der Waals surface area contributed by atoms with Gasteiger partial charge in [0, 0.05) is 9.13 Å². The standard InChI is InChI=1S/C23H21IN2O3/c1-2-28-21-12-8-19(9-13-21)23(27)26-25-15-18-4-3-5-22(14-18)29-16-17-6-10-20(24)11-7-17/h3-15H,2,16H2,1H3,(H,26,27)/b25-15-. The Morgan fingerprint density at radius 2 is 1.76 bits per heavy atom. The summed E-state index contributed by atoms with van der Waals surface area (Å²) in [6.07, 6.45) is 1.59. The van der Waals surface area contributed by atoms with Crippen molar-refractivity contribution in [2.75, 3.05) is 6.61 Å². The maximum atomic E-state index is 12.2. The lowest BCUT2D eigenvalue weighted by Crippen LogP contribution is -2.17. The Morgan fingerprint density at radius 1 is 1.00 bits per heavy atom. The van der Waals surface area contributed by atoms with E-state index in [9.17, 15) is 4.79 Å². The van der Waals surface area contributed by atoms with Crippen molar-refractivity contribution in [1.82, 2.24) is 5.43 Å². The quantitative estimate of drug-likeness (QED) is 0.268. The Balaban J connectivity index is 1.54. The monoisotopic (exact) mass is 500 g/mol. The van der Waals surface area contributed by atoms with Crippen molar-refractivity contribution in [2.45, 2.75) is 13.5 Å². The summed E-state index contributed by atoms with van der Waals surface area (Å²) >= 11 is 2.28. The second-order valence-corrected chi connectivity index (χ2v) is 7.39. The lowest BCUT2D eigenvalue weighted by Gasteiger charge is -2.07. The second-order valence-electron chi connectivity index (χ2n) is 6.14. The number of hydrogen-bond acceptors (Lipinski definition) is 4. The van der Waals surface area contributed by atoms with Gasteiger partial charge in [-0.25, -0.2) is 5.43 Å². The minimum Gasteiger partial charge on any atom is -0.494 e. The van der Waals surface area contributed by atoms with Gasteiger partial charge in [0.05, 0.1) is 12.8 Å². The smallest absolute Gasteiger partial charge is 0.271 e. The molecule has 0 aliphatic rings. The fraction of sp³-hybridized carbons (Fsp3) is 0.130. The fourth-order valence-electron chi connectivity index (χ4n) is 2.53. The van der Waals surface area contributed by atoms with Crippen molar-refractivity contribution in [2.24, 2.45) is 5.10 Å². The van der Waals surface area contributed by atoms with E-state index in [-0.39, 0.29) is 5.91 Å². The molecule has 3 aromatic rings. The third kappa shape index (κ3) is 6.60. The molecule has 29 heavy (non-hydrogen) atoms. The lowest BCUT2D eigenvalue weighted by molar-refractivity contribution is 0.0955. The average Bonchev–Trinajstić information content (AvgIpc) is 2.74. The van der Waals surface area contributed by atoms with Crippen LogP contribution in [0.1, 0.15) is 28.4 Å². The van der Waals surface area contributed by atoms with Gasteiger partial charge in [0.2, 0.25) is 0 Å². The number of ether oxygens (including phenoxy) is 2. The summed E-state index contributed by atoms with van der Waals surface area (Å²) in [6, 6.07) is 22.7. The van der Waals surface area contributed by atoms with Crippen molar-refractivity contribution < 1.29 is 14.3 Å². The van der Waals surface area contributed by atoms with Crippen molar-refractivity contribution in [3.8, 4) is 11.5 Å². The number of hydrazone groups is 1. The van der Waals surface area contributed by atoms with Crippen molar-refractivity contribution in [3.05, 3.63) is 93.1 Å². The van der Waals surface area contributed by atoms with Crippen molar-refractivity contribution in [3.63, 3.8) is 0 Å². The summed E-state index contributed by atoms with van der Waals surface area (Å²) in [6.45, 7) is 2.99. The van der Waals surface area contributed by atoms with Gasteiger partial charge >= 0.3 is 0 Å².